The first kappa shape index (κ1) is 28.6. The van der Waals surface area contributed by atoms with E-state index in [4.69, 9.17) is 15.0 Å². The first-order valence-electron chi connectivity index (χ1n) is 13.1. The van der Waals surface area contributed by atoms with Crippen LogP contribution in [-0.2, 0) is 31.9 Å². The molecule has 0 radical (unpaired) electrons. The van der Waals surface area contributed by atoms with Gasteiger partial charge in [-0.05, 0) is 33.7 Å². The van der Waals surface area contributed by atoms with Crippen molar-refractivity contribution < 1.29 is 21.1 Å². The number of hydrogen-bond acceptors (Lipinski definition) is 3. The van der Waals surface area contributed by atoms with E-state index in [0.29, 0.717) is 5.82 Å². The van der Waals surface area contributed by atoms with Crippen molar-refractivity contribution in [1.29, 1.82) is 0 Å². The minimum absolute atomic E-state index is 0. The molecule has 200 valence electrons. The molecule has 0 spiro atoms. The predicted octanol–water partition coefficient (Wildman–Crippen LogP) is 8.93. The Labute approximate surface area is 247 Å². The van der Waals surface area contributed by atoms with Gasteiger partial charge in [-0.2, -0.15) is 0 Å². The van der Waals surface area contributed by atoms with Gasteiger partial charge in [-0.15, -0.1) is 35.9 Å². The van der Waals surface area contributed by atoms with Crippen LogP contribution in [0.3, 0.4) is 0 Å². The number of benzene rings is 3. The minimum atomic E-state index is 0. The molecule has 0 saturated heterocycles. The number of aromatic nitrogens is 3. The third kappa shape index (κ3) is 6.60. The Bertz CT molecular complexity index is 1450. The summed E-state index contributed by atoms with van der Waals surface area (Å²) in [6.07, 6.45) is 1.85. The largest absolute Gasteiger partial charge is 0.304 e. The topological polar surface area (TPSA) is 38.7 Å². The summed E-state index contributed by atoms with van der Waals surface area (Å²) >= 11 is 0. The van der Waals surface area contributed by atoms with Crippen LogP contribution in [0.5, 0.6) is 0 Å². The third-order valence-corrected chi connectivity index (χ3v) is 6.83. The fraction of sp³-hybridized carbons (Fsp3) is 0.229. The average Bonchev–Trinajstić information content (AvgIpc) is 2.92. The number of nitrogens with zero attached hydrogens (tertiary/aromatic N) is 3. The Morgan fingerprint density at radius 3 is 1.49 bits per heavy atom. The molecular weight excluding hydrogens is 657 g/mol. The molecule has 3 aromatic carbocycles. The van der Waals surface area contributed by atoms with Gasteiger partial charge in [0.15, 0.2) is 5.82 Å². The van der Waals surface area contributed by atoms with Gasteiger partial charge in [0, 0.05) is 44.0 Å². The molecule has 0 atom stereocenters. The molecule has 39 heavy (non-hydrogen) atoms. The minimum Gasteiger partial charge on any atom is -0.304 e. The second-order valence-corrected chi connectivity index (χ2v) is 11.8. The van der Waals surface area contributed by atoms with Crippen LogP contribution in [-0.4, -0.2) is 15.0 Å². The average molecular weight is 692 g/mol. The van der Waals surface area contributed by atoms with Crippen molar-refractivity contribution in [2.75, 3.05) is 0 Å². The standard InChI is InChI=1S/C35H34N3.Pt/c1-34(2,3)28-17-12-25(13-18-28)31-22-32(26-14-19-29(20-15-26)35(4,5)6)38-33(37-31)27-16-21-30(36-23-27)24-10-8-7-9-11-24;/h7-10,12-23H,1-6H3;/q-1;. The first-order valence-corrected chi connectivity index (χ1v) is 13.1. The molecule has 0 aliphatic rings. The molecule has 0 saturated carbocycles. The van der Waals surface area contributed by atoms with Crippen LogP contribution < -0.4 is 0 Å². The van der Waals surface area contributed by atoms with E-state index < -0.39 is 0 Å². The van der Waals surface area contributed by atoms with Crippen LogP contribution in [0.2, 0.25) is 0 Å². The SMILES string of the molecule is CC(C)(C)c1ccc(-c2cc(-c3ccc(C(C)(C)C)cc3)nc(-c3ccc(-c4[c-]cccc4)nc3)n2)cc1.[Pt]. The smallest absolute Gasteiger partial charge is 0.161 e. The predicted molar refractivity (Wildman–Crippen MR) is 158 cm³/mol. The molecule has 0 bridgehead atoms. The number of pyridine rings is 1. The summed E-state index contributed by atoms with van der Waals surface area (Å²) in [5.74, 6) is 0.661. The Morgan fingerprint density at radius 2 is 1.08 bits per heavy atom. The second-order valence-electron chi connectivity index (χ2n) is 11.8. The van der Waals surface area contributed by atoms with E-state index in [1.165, 1.54) is 11.1 Å². The molecule has 0 aliphatic carbocycles. The van der Waals surface area contributed by atoms with Crippen LogP contribution in [0.25, 0.3) is 45.2 Å². The molecule has 0 aliphatic heterocycles. The van der Waals surface area contributed by atoms with Crippen molar-refractivity contribution in [3.63, 3.8) is 0 Å². The Hall–Kier alpha value is -3.42. The van der Waals surface area contributed by atoms with Gasteiger partial charge in [0.05, 0.1) is 11.4 Å². The van der Waals surface area contributed by atoms with E-state index in [2.05, 4.69) is 102 Å². The van der Waals surface area contributed by atoms with Gasteiger partial charge in [0.2, 0.25) is 0 Å². The third-order valence-electron chi connectivity index (χ3n) is 6.83. The molecular formula is C35H34N3Pt-. The van der Waals surface area contributed by atoms with Gasteiger partial charge in [-0.3, -0.25) is 0 Å². The maximum absolute atomic E-state index is 4.99. The van der Waals surface area contributed by atoms with Crippen molar-refractivity contribution in [1.82, 2.24) is 15.0 Å². The number of hydrogen-bond donors (Lipinski definition) is 0. The van der Waals surface area contributed by atoms with E-state index in [0.717, 1.165) is 39.3 Å². The second kappa shape index (κ2) is 11.4. The summed E-state index contributed by atoms with van der Waals surface area (Å²) in [5, 5.41) is 0. The molecule has 0 fully saturated rings. The zero-order valence-electron chi connectivity index (χ0n) is 23.4. The fourth-order valence-corrected chi connectivity index (χ4v) is 4.39. The van der Waals surface area contributed by atoms with Gasteiger partial charge in [-0.1, -0.05) is 102 Å². The quantitative estimate of drug-likeness (QED) is 0.177. The molecule has 5 aromatic rings. The molecule has 5 rings (SSSR count). The van der Waals surface area contributed by atoms with E-state index in [1.807, 2.05) is 42.6 Å². The van der Waals surface area contributed by atoms with Crippen molar-refractivity contribution >= 4 is 0 Å². The van der Waals surface area contributed by atoms with Crippen LogP contribution in [0.4, 0.5) is 0 Å². The molecule has 0 unspecified atom stereocenters. The first-order chi connectivity index (χ1) is 18.1. The van der Waals surface area contributed by atoms with Gasteiger partial charge >= 0.3 is 0 Å². The normalized spacial score (nSPS) is 11.6. The van der Waals surface area contributed by atoms with E-state index in [1.54, 1.807) is 0 Å². The van der Waals surface area contributed by atoms with Crippen molar-refractivity contribution in [2.45, 2.75) is 52.4 Å². The Balaban J connectivity index is 0.00000353. The summed E-state index contributed by atoms with van der Waals surface area (Å²) in [5.41, 5.74) is 9.43. The van der Waals surface area contributed by atoms with Gasteiger partial charge in [0.1, 0.15) is 0 Å². The monoisotopic (exact) mass is 691 g/mol. The van der Waals surface area contributed by atoms with Crippen molar-refractivity contribution in [2.24, 2.45) is 0 Å². The number of rotatable bonds is 4. The van der Waals surface area contributed by atoms with Crippen LogP contribution >= 0.6 is 0 Å². The fourth-order valence-electron chi connectivity index (χ4n) is 4.39. The van der Waals surface area contributed by atoms with Crippen LogP contribution in [0.15, 0.2) is 97.2 Å². The molecule has 0 amide bonds. The molecule has 0 N–H and O–H groups in total. The maximum Gasteiger partial charge on any atom is 0.161 e. The van der Waals surface area contributed by atoms with E-state index in [-0.39, 0.29) is 31.9 Å². The van der Waals surface area contributed by atoms with Gasteiger partial charge in [0.25, 0.3) is 0 Å². The van der Waals surface area contributed by atoms with Crippen LogP contribution in [0, 0.1) is 6.07 Å². The van der Waals surface area contributed by atoms with E-state index in [9.17, 15) is 0 Å². The molecule has 3 nitrogen and oxygen atoms in total. The van der Waals surface area contributed by atoms with Crippen LogP contribution in [0.1, 0.15) is 52.7 Å². The van der Waals surface area contributed by atoms with Gasteiger partial charge in [-0.25, -0.2) is 9.97 Å². The maximum atomic E-state index is 4.99. The summed E-state index contributed by atoms with van der Waals surface area (Å²) in [4.78, 5) is 14.7. The molecule has 4 heteroatoms. The van der Waals surface area contributed by atoms with Gasteiger partial charge < -0.3 is 4.98 Å². The summed E-state index contributed by atoms with van der Waals surface area (Å²) in [6.45, 7) is 13.4. The summed E-state index contributed by atoms with van der Waals surface area (Å²) in [7, 11) is 0. The Morgan fingerprint density at radius 1 is 0.564 bits per heavy atom. The summed E-state index contributed by atoms with van der Waals surface area (Å²) < 4.78 is 0. The van der Waals surface area contributed by atoms with E-state index >= 15 is 0 Å². The molecule has 2 aromatic heterocycles. The van der Waals surface area contributed by atoms with Crippen molar-refractivity contribution in [3.8, 4) is 45.2 Å². The molecule has 2 heterocycles. The summed E-state index contributed by atoms with van der Waals surface area (Å²) in [6, 6.07) is 34.7. The zero-order valence-corrected chi connectivity index (χ0v) is 25.7. The van der Waals surface area contributed by atoms with Crippen molar-refractivity contribution in [3.05, 3.63) is 114 Å². The zero-order chi connectivity index (χ0) is 26.9. The Kier molecular flexibility index (Phi) is 8.33.